The molecule has 1 aliphatic rings. The number of nitrogens with one attached hydrogen (secondary N) is 2. The van der Waals surface area contributed by atoms with Crippen LogP contribution >= 0.6 is 22.9 Å². The number of fused-ring (bicyclic) bond motifs is 1. The molecule has 0 bridgehead atoms. The first-order valence-corrected chi connectivity index (χ1v) is 11.6. The van der Waals surface area contributed by atoms with E-state index >= 15 is 0 Å². The van der Waals surface area contributed by atoms with Crippen LogP contribution in [0.5, 0.6) is 0 Å². The van der Waals surface area contributed by atoms with Gasteiger partial charge >= 0.3 is 0 Å². The molecule has 1 heterocycles. The highest BCUT2D eigenvalue weighted by Gasteiger charge is 2.35. The monoisotopic (exact) mass is 446 g/mol. The van der Waals surface area contributed by atoms with Crippen LogP contribution in [0.1, 0.15) is 68.8 Å². The van der Waals surface area contributed by atoms with Crippen LogP contribution in [0.25, 0.3) is 0 Å². The van der Waals surface area contributed by atoms with Crippen LogP contribution in [0, 0.1) is 16.7 Å². The van der Waals surface area contributed by atoms with Crippen molar-refractivity contribution in [3.8, 4) is 0 Å². The highest BCUT2D eigenvalue weighted by atomic mass is 35.5. The van der Waals surface area contributed by atoms with Gasteiger partial charge in [-0.15, -0.1) is 11.3 Å². The summed E-state index contributed by atoms with van der Waals surface area (Å²) in [6.07, 6.45) is 2.82. The summed E-state index contributed by atoms with van der Waals surface area (Å²) in [7, 11) is 0. The molecule has 4 nitrogen and oxygen atoms in total. The zero-order chi connectivity index (χ0) is 22.3. The lowest BCUT2D eigenvalue weighted by molar-refractivity contribution is -0.123. The zero-order valence-electron chi connectivity index (χ0n) is 18.6. The van der Waals surface area contributed by atoms with E-state index in [0.29, 0.717) is 27.2 Å². The number of carbonyl (C=O) groups excluding carboxylic acids is 2. The molecule has 2 N–H and O–H groups in total. The maximum atomic E-state index is 13.3. The van der Waals surface area contributed by atoms with Crippen molar-refractivity contribution in [3.63, 3.8) is 0 Å². The van der Waals surface area contributed by atoms with E-state index in [1.54, 1.807) is 29.5 Å². The summed E-state index contributed by atoms with van der Waals surface area (Å²) in [5, 5.41) is 7.20. The minimum Gasteiger partial charge on any atom is -0.322 e. The van der Waals surface area contributed by atoms with Crippen molar-refractivity contribution in [2.24, 2.45) is 16.7 Å². The van der Waals surface area contributed by atoms with Gasteiger partial charge in [-0.2, -0.15) is 0 Å². The Balaban J connectivity index is 1.98. The number of hydrogen-bond donors (Lipinski definition) is 2. The van der Waals surface area contributed by atoms with Crippen molar-refractivity contribution >= 4 is 45.4 Å². The SMILES string of the molecule is CC(C)(C)C(=O)Nc1sc2c(c1C(=O)Nc1cccc(Cl)c1)CCC(C(C)(C)C)C2. The minimum atomic E-state index is -0.543. The predicted molar refractivity (Wildman–Crippen MR) is 127 cm³/mol. The lowest BCUT2D eigenvalue weighted by Gasteiger charge is -2.33. The normalized spacial score (nSPS) is 16.7. The molecule has 3 rings (SSSR count). The number of carbonyl (C=O) groups is 2. The maximum absolute atomic E-state index is 13.3. The summed E-state index contributed by atoms with van der Waals surface area (Å²) in [6.45, 7) is 12.4. The van der Waals surface area contributed by atoms with Gasteiger partial charge in [-0.3, -0.25) is 9.59 Å². The molecule has 30 heavy (non-hydrogen) atoms. The second-order valence-electron chi connectivity index (χ2n) is 10.2. The lowest BCUT2D eigenvalue weighted by atomic mass is 9.72. The molecular formula is C24H31ClN2O2S. The van der Waals surface area contributed by atoms with E-state index in [4.69, 9.17) is 11.6 Å². The number of hydrogen-bond acceptors (Lipinski definition) is 3. The van der Waals surface area contributed by atoms with Gasteiger partial charge in [-0.25, -0.2) is 0 Å². The van der Waals surface area contributed by atoms with Gasteiger partial charge in [0.2, 0.25) is 5.91 Å². The number of thiophene rings is 1. The van der Waals surface area contributed by atoms with E-state index in [2.05, 4.69) is 31.4 Å². The van der Waals surface area contributed by atoms with Crippen molar-refractivity contribution in [2.45, 2.75) is 60.8 Å². The predicted octanol–water partition coefficient (Wildman–Crippen LogP) is 6.79. The molecule has 0 radical (unpaired) electrons. The largest absolute Gasteiger partial charge is 0.322 e. The molecule has 6 heteroatoms. The second kappa shape index (κ2) is 8.35. The number of amides is 2. The molecule has 162 valence electrons. The van der Waals surface area contributed by atoms with Gasteiger partial charge in [-0.05, 0) is 54.4 Å². The molecular weight excluding hydrogens is 416 g/mol. The maximum Gasteiger partial charge on any atom is 0.258 e. The Hall–Kier alpha value is -1.85. The molecule has 1 aromatic heterocycles. The molecule has 2 amide bonds. The summed E-state index contributed by atoms with van der Waals surface area (Å²) >= 11 is 7.62. The molecule has 0 saturated heterocycles. The quantitative estimate of drug-likeness (QED) is 0.545. The van der Waals surface area contributed by atoms with Crippen molar-refractivity contribution in [2.75, 3.05) is 10.6 Å². The van der Waals surface area contributed by atoms with Gasteiger partial charge in [-0.1, -0.05) is 59.2 Å². The Labute approximate surface area is 188 Å². The standard InChI is InChI=1S/C24H31ClN2O2S/c1-23(2,3)14-10-11-17-18(12-14)30-21(27-22(29)24(4,5)6)19(17)20(28)26-16-9-7-8-15(25)13-16/h7-9,13-14H,10-12H2,1-6H3,(H,26,28)(H,27,29). The molecule has 0 aliphatic heterocycles. The first-order valence-electron chi connectivity index (χ1n) is 10.4. The van der Waals surface area contributed by atoms with Gasteiger partial charge in [0, 0.05) is 21.0 Å². The molecule has 0 saturated carbocycles. The first-order chi connectivity index (χ1) is 13.9. The number of benzene rings is 1. The molecule has 0 spiro atoms. The zero-order valence-corrected chi connectivity index (χ0v) is 20.2. The van der Waals surface area contributed by atoms with Crippen LogP contribution in [0.15, 0.2) is 24.3 Å². The third kappa shape index (κ3) is 5.06. The summed E-state index contributed by atoms with van der Waals surface area (Å²) in [6, 6.07) is 7.11. The minimum absolute atomic E-state index is 0.0923. The Kier molecular flexibility index (Phi) is 6.35. The van der Waals surface area contributed by atoms with E-state index in [1.807, 2.05) is 26.8 Å². The Bertz CT molecular complexity index is 967. The second-order valence-corrected chi connectivity index (χ2v) is 11.7. The number of halogens is 1. The van der Waals surface area contributed by atoms with Crippen LogP contribution in [0.3, 0.4) is 0 Å². The van der Waals surface area contributed by atoms with Crippen LogP contribution in [-0.4, -0.2) is 11.8 Å². The van der Waals surface area contributed by atoms with Gasteiger partial charge in [0.15, 0.2) is 0 Å². The van der Waals surface area contributed by atoms with Gasteiger partial charge < -0.3 is 10.6 Å². The lowest BCUT2D eigenvalue weighted by Crippen LogP contribution is -2.28. The first kappa shape index (κ1) is 22.8. The average molecular weight is 447 g/mol. The molecule has 1 aliphatic carbocycles. The van der Waals surface area contributed by atoms with E-state index in [-0.39, 0.29) is 17.2 Å². The molecule has 2 aromatic rings. The molecule has 1 atom stereocenters. The van der Waals surface area contributed by atoms with Crippen LogP contribution in [0.4, 0.5) is 10.7 Å². The van der Waals surface area contributed by atoms with Gasteiger partial charge in [0.05, 0.1) is 5.56 Å². The summed E-state index contributed by atoms with van der Waals surface area (Å²) in [5.41, 5.74) is 1.98. The van der Waals surface area contributed by atoms with E-state index in [0.717, 1.165) is 24.8 Å². The van der Waals surface area contributed by atoms with Crippen molar-refractivity contribution in [1.29, 1.82) is 0 Å². The highest BCUT2D eigenvalue weighted by Crippen LogP contribution is 2.44. The third-order valence-electron chi connectivity index (χ3n) is 5.71. The summed E-state index contributed by atoms with van der Waals surface area (Å²) < 4.78 is 0. The summed E-state index contributed by atoms with van der Waals surface area (Å²) in [4.78, 5) is 27.2. The molecule has 1 unspecified atom stereocenters. The average Bonchev–Trinajstić information content (AvgIpc) is 2.97. The Morgan fingerprint density at radius 2 is 1.80 bits per heavy atom. The van der Waals surface area contributed by atoms with Crippen LogP contribution < -0.4 is 10.6 Å². The van der Waals surface area contributed by atoms with E-state index in [9.17, 15) is 9.59 Å². The topological polar surface area (TPSA) is 58.2 Å². The number of rotatable bonds is 3. The Morgan fingerprint density at radius 1 is 1.10 bits per heavy atom. The summed E-state index contributed by atoms with van der Waals surface area (Å²) in [5.74, 6) is 0.261. The molecule has 1 aromatic carbocycles. The Morgan fingerprint density at radius 3 is 2.40 bits per heavy atom. The third-order valence-corrected chi connectivity index (χ3v) is 7.11. The highest BCUT2D eigenvalue weighted by molar-refractivity contribution is 7.17. The van der Waals surface area contributed by atoms with Crippen molar-refractivity contribution in [1.82, 2.24) is 0 Å². The van der Waals surface area contributed by atoms with E-state index in [1.165, 1.54) is 4.88 Å². The van der Waals surface area contributed by atoms with Gasteiger partial charge in [0.25, 0.3) is 5.91 Å². The number of anilines is 2. The van der Waals surface area contributed by atoms with Crippen molar-refractivity contribution in [3.05, 3.63) is 45.3 Å². The van der Waals surface area contributed by atoms with Crippen molar-refractivity contribution < 1.29 is 9.59 Å². The smallest absolute Gasteiger partial charge is 0.258 e. The fraction of sp³-hybridized carbons (Fsp3) is 0.500. The van der Waals surface area contributed by atoms with Crippen LogP contribution in [0.2, 0.25) is 5.02 Å². The molecule has 0 fully saturated rings. The van der Waals surface area contributed by atoms with Gasteiger partial charge in [0.1, 0.15) is 5.00 Å². The fourth-order valence-corrected chi connectivity index (χ4v) is 5.21. The fourth-order valence-electron chi connectivity index (χ4n) is 3.70. The van der Waals surface area contributed by atoms with E-state index < -0.39 is 5.41 Å². The van der Waals surface area contributed by atoms with Crippen LogP contribution in [-0.2, 0) is 17.6 Å².